The van der Waals surface area contributed by atoms with E-state index in [1.165, 1.54) is 0 Å². The van der Waals surface area contributed by atoms with Gasteiger partial charge in [0, 0.05) is 11.6 Å². The summed E-state index contributed by atoms with van der Waals surface area (Å²) in [5.41, 5.74) is 0. The summed E-state index contributed by atoms with van der Waals surface area (Å²) in [7, 11) is 0. The van der Waals surface area contributed by atoms with Crippen molar-refractivity contribution in [1.29, 1.82) is 0 Å². The number of aliphatic hydroxyl groups is 1. The van der Waals surface area contributed by atoms with Crippen molar-refractivity contribution >= 4 is 11.9 Å². The molecule has 0 spiro atoms. The molecule has 0 radical (unpaired) electrons. The van der Waals surface area contributed by atoms with E-state index in [-0.39, 0.29) is 13.2 Å². The first-order valence-electron chi connectivity index (χ1n) is 4.95. The van der Waals surface area contributed by atoms with E-state index in [4.69, 9.17) is 4.74 Å². The lowest BCUT2D eigenvalue weighted by Gasteiger charge is -2.06. The smallest absolute Gasteiger partial charge is 0.390 e. The van der Waals surface area contributed by atoms with Crippen LogP contribution in [0.2, 0.25) is 0 Å². The van der Waals surface area contributed by atoms with Crippen LogP contribution in [0.3, 0.4) is 0 Å². The summed E-state index contributed by atoms with van der Waals surface area (Å²) in [5, 5.41) is 33.8. The van der Waals surface area contributed by atoms with Crippen molar-refractivity contribution in [3.8, 4) is 0 Å². The first-order valence-corrected chi connectivity index (χ1v) is 4.95. The second-order valence-electron chi connectivity index (χ2n) is 3.22. The van der Waals surface area contributed by atoms with Gasteiger partial charge in [0.05, 0.1) is 11.7 Å². The van der Waals surface area contributed by atoms with E-state index in [0.717, 1.165) is 0 Å². The van der Waals surface area contributed by atoms with Crippen LogP contribution < -0.4 is 0 Å². The van der Waals surface area contributed by atoms with Crippen LogP contribution in [-0.4, -0.2) is 49.0 Å². The number of hydrogen-bond acceptors (Lipinski definition) is 8. The number of ether oxygens (including phenoxy) is 1. The monoisotopic (exact) mass is 261 g/mol. The Kier molecular flexibility index (Phi) is 4.62. The lowest BCUT2D eigenvalue weighted by atomic mass is 10.4. The molecule has 1 aromatic heterocycles. The number of hydrogen-bond donors (Lipinski definition) is 1. The molecule has 1 heterocycles. The molecule has 1 N–H and O–H groups in total. The minimum absolute atomic E-state index is 0.0543. The SMILES string of the molecule is CCOCC(O)Cn1nc([N+](=O)[O-])nc1[N+](=O)[O-]. The Morgan fingerprint density at radius 1 is 1.44 bits per heavy atom. The van der Waals surface area contributed by atoms with E-state index >= 15 is 0 Å². The fourth-order valence-electron chi connectivity index (χ4n) is 1.16. The third-order valence-electron chi connectivity index (χ3n) is 1.87. The molecular weight excluding hydrogens is 250 g/mol. The zero-order chi connectivity index (χ0) is 13.7. The highest BCUT2D eigenvalue weighted by Gasteiger charge is 2.29. The molecule has 100 valence electrons. The van der Waals surface area contributed by atoms with Gasteiger partial charge < -0.3 is 30.1 Å². The van der Waals surface area contributed by atoms with Crippen molar-refractivity contribution in [3.63, 3.8) is 0 Å². The molecule has 11 nitrogen and oxygen atoms in total. The van der Waals surface area contributed by atoms with Gasteiger partial charge in [-0.1, -0.05) is 4.68 Å². The second kappa shape index (κ2) is 5.97. The van der Waals surface area contributed by atoms with Crippen molar-refractivity contribution in [1.82, 2.24) is 14.8 Å². The topological polar surface area (TPSA) is 146 Å². The molecular formula is C7H11N5O6. The average molecular weight is 261 g/mol. The van der Waals surface area contributed by atoms with Gasteiger partial charge in [-0.05, 0) is 16.8 Å². The highest BCUT2D eigenvalue weighted by Crippen LogP contribution is 2.13. The molecule has 1 atom stereocenters. The van der Waals surface area contributed by atoms with Gasteiger partial charge in [0.15, 0.2) is 0 Å². The van der Waals surface area contributed by atoms with Gasteiger partial charge in [0.25, 0.3) is 0 Å². The van der Waals surface area contributed by atoms with Crippen molar-refractivity contribution in [2.75, 3.05) is 13.2 Å². The number of aliphatic hydroxyl groups excluding tert-OH is 1. The minimum Gasteiger partial charge on any atom is -0.390 e. The highest BCUT2D eigenvalue weighted by molar-refractivity contribution is 5.14. The van der Waals surface area contributed by atoms with Gasteiger partial charge >= 0.3 is 11.9 Å². The van der Waals surface area contributed by atoms with Crippen LogP contribution >= 0.6 is 0 Å². The van der Waals surface area contributed by atoms with Crippen LogP contribution in [0.4, 0.5) is 11.9 Å². The van der Waals surface area contributed by atoms with E-state index < -0.39 is 27.8 Å². The molecule has 1 rings (SSSR count). The van der Waals surface area contributed by atoms with Gasteiger partial charge in [-0.25, -0.2) is 0 Å². The summed E-state index contributed by atoms with van der Waals surface area (Å²) in [6.45, 7) is 1.73. The molecule has 1 aromatic rings. The zero-order valence-corrected chi connectivity index (χ0v) is 9.42. The van der Waals surface area contributed by atoms with Crippen LogP contribution in [0.1, 0.15) is 6.92 Å². The van der Waals surface area contributed by atoms with Crippen LogP contribution in [0, 0.1) is 20.2 Å². The zero-order valence-electron chi connectivity index (χ0n) is 9.42. The molecule has 0 saturated heterocycles. The van der Waals surface area contributed by atoms with Crippen molar-refractivity contribution < 1.29 is 19.7 Å². The van der Waals surface area contributed by atoms with Gasteiger partial charge in [-0.15, -0.1) is 0 Å². The maximum atomic E-state index is 10.6. The normalized spacial score (nSPS) is 12.3. The van der Waals surface area contributed by atoms with Crippen molar-refractivity contribution in [3.05, 3.63) is 20.2 Å². The van der Waals surface area contributed by atoms with Gasteiger partial charge in [0.1, 0.15) is 12.6 Å². The lowest BCUT2D eigenvalue weighted by Crippen LogP contribution is -2.23. The van der Waals surface area contributed by atoms with E-state index in [1.54, 1.807) is 6.92 Å². The quantitative estimate of drug-likeness (QED) is 0.509. The van der Waals surface area contributed by atoms with E-state index in [9.17, 15) is 25.3 Å². The fourth-order valence-corrected chi connectivity index (χ4v) is 1.16. The van der Waals surface area contributed by atoms with Gasteiger partial charge in [0.2, 0.25) is 0 Å². The molecule has 0 amide bonds. The second-order valence-corrected chi connectivity index (χ2v) is 3.22. The summed E-state index contributed by atoms with van der Waals surface area (Å²) < 4.78 is 5.58. The van der Waals surface area contributed by atoms with Crippen LogP contribution in [0.25, 0.3) is 0 Å². The molecule has 0 aromatic carbocycles. The number of rotatable bonds is 7. The number of nitrogens with zero attached hydrogens (tertiary/aromatic N) is 5. The van der Waals surface area contributed by atoms with E-state index in [1.807, 2.05) is 0 Å². The predicted octanol–water partition coefficient (Wildman–Crippen LogP) is -0.508. The Labute approximate surface area is 100 Å². The fraction of sp³-hybridized carbons (Fsp3) is 0.714. The molecule has 0 aliphatic carbocycles. The van der Waals surface area contributed by atoms with Crippen LogP contribution in [0.5, 0.6) is 0 Å². The first kappa shape index (κ1) is 13.9. The molecule has 1 unspecified atom stereocenters. The number of nitro groups is 2. The van der Waals surface area contributed by atoms with Crippen LogP contribution in [0.15, 0.2) is 0 Å². The predicted molar refractivity (Wildman–Crippen MR) is 55.8 cm³/mol. The summed E-state index contributed by atoms with van der Waals surface area (Å²) in [5.74, 6) is -1.68. The molecule has 0 fully saturated rings. The van der Waals surface area contributed by atoms with E-state index in [2.05, 4.69) is 10.1 Å². The largest absolute Gasteiger partial charge is 0.508 e. The molecule has 11 heteroatoms. The van der Waals surface area contributed by atoms with Crippen LogP contribution in [-0.2, 0) is 11.3 Å². The third kappa shape index (κ3) is 3.43. The summed E-state index contributed by atoms with van der Waals surface area (Å²) in [6.07, 6.45) is -1.06. The molecule has 0 aliphatic rings. The average Bonchev–Trinajstić information content (AvgIpc) is 2.70. The van der Waals surface area contributed by atoms with Gasteiger partial charge in [-0.2, -0.15) is 0 Å². The Hall–Kier alpha value is -2.14. The molecule has 18 heavy (non-hydrogen) atoms. The molecule has 0 bridgehead atoms. The lowest BCUT2D eigenvalue weighted by molar-refractivity contribution is -0.404. The molecule has 0 aliphatic heterocycles. The minimum atomic E-state index is -1.06. The standard InChI is InChI=1S/C7H11N5O6/c1-2-18-4-5(13)3-10-7(12(16)17)8-6(9-10)11(14)15/h5,13H,2-4H2,1H3. The Morgan fingerprint density at radius 3 is 2.61 bits per heavy atom. The van der Waals surface area contributed by atoms with Crippen molar-refractivity contribution in [2.24, 2.45) is 0 Å². The highest BCUT2D eigenvalue weighted by atomic mass is 16.6. The van der Waals surface area contributed by atoms with Gasteiger partial charge in [-0.3, -0.25) is 0 Å². The summed E-state index contributed by atoms with van der Waals surface area (Å²) >= 11 is 0. The third-order valence-corrected chi connectivity index (χ3v) is 1.87. The Morgan fingerprint density at radius 2 is 2.11 bits per heavy atom. The summed E-state index contributed by atoms with van der Waals surface area (Å²) in [4.78, 5) is 22.3. The molecule has 0 saturated carbocycles. The van der Waals surface area contributed by atoms with E-state index in [0.29, 0.717) is 11.3 Å². The Balaban J connectivity index is 2.86. The summed E-state index contributed by atoms with van der Waals surface area (Å²) in [6, 6.07) is 0. The Bertz CT molecular complexity index is 446. The number of aromatic nitrogens is 3. The van der Waals surface area contributed by atoms with Crippen molar-refractivity contribution in [2.45, 2.75) is 19.6 Å². The first-order chi connectivity index (χ1) is 8.45. The maximum absolute atomic E-state index is 10.6. The maximum Gasteiger partial charge on any atom is 0.508 e.